The van der Waals surface area contributed by atoms with Gasteiger partial charge in [-0.25, -0.2) is 13.4 Å². The second kappa shape index (κ2) is 9.80. The summed E-state index contributed by atoms with van der Waals surface area (Å²) in [4.78, 5) is 4.51. The van der Waals surface area contributed by atoms with Gasteiger partial charge in [0.15, 0.2) is 5.76 Å². The van der Waals surface area contributed by atoms with E-state index in [9.17, 15) is 8.42 Å². The van der Waals surface area contributed by atoms with Crippen LogP contribution in [0.2, 0.25) is 0 Å². The Labute approximate surface area is 170 Å². The lowest BCUT2D eigenvalue weighted by Crippen LogP contribution is -2.36. The zero-order valence-electron chi connectivity index (χ0n) is 16.4. The van der Waals surface area contributed by atoms with Crippen LogP contribution < -0.4 is 0 Å². The first-order chi connectivity index (χ1) is 14.1. The summed E-state index contributed by atoms with van der Waals surface area (Å²) in [6, 6.07) is 16.2. The molecule has 0 unspecified atom stereocenters. The van der Waals surface area contributed by atoms with Crippen LogP contribution >= 0.6 is 0 Å². The Kier molecular flexibility index (Phi) is 7.16. The lowest BCUT2D eigenvalue weighted by molar-refractivity contribution is 0.150. The Bertz CT molecular complexity index is 993. The highest BCUT2D eigenvalue weighted by atomic mass is 32.2. The van der Waals surface area contributed by atoms with Crippen LogP contribution in [0.4, 0.5) is 0 Å². The quantitative estimate of drug-likeness (QED) is 0.504. The highest BCUT2D eigenvalue weighted by Crippen LogP contribution is 2.27. The SMILES string of the molecule is COCCN(CCOC)S(=O)(=O)c1ccc(-c2ncc(-c3ccccc3)o2)cc1. The molecule has 0 bridgehead atoms. The third-order valence-corrected chi connectivity index (χ3v) is 6.31. The number of aromatic nitrogens is 1. The predicted molar refractivity (Wildman–Crippen MR) is 110 cm³/mol. The van der Waals surface area contributed by atoms with Crippen molar-refractivity contribution in [1.82, 2.24) is 9.29 Å². The van der Waals surface area contributed by atoms with Crippen LogP contribution in [0, 0.1) is 0 Å². The zero-order chi connectivity index (χ0) is 20.7. The van der Waals surface area contributed by atoms with Gasteiger partial charge < -0.3 is 13.9 Å². The number of hydrogen-bond acceptors (Lipinski definition) is 6. The third-order valence-electron chi connectivity index (χ3n) is 4.39. The average Bonchev–Trinajstić information content (AvgIpc) is 3.25. The van der Waals surface area contributed by atoms with E-state index in [2.05, 4.69) is 4.98 Å². The summed E-state index contributed by atoms with van der Waals surface area (Å²) in [5, 5.41) is 0. The maximum absolute atomic E-state index is 13.0. The van der Waals surface area contributed by atoms with Gasteiger partial charge in [0, 0.05) is 38.4 Å². The minimum absolute atomic E-state index is 0.197. The highest BCUT2D eigenvalue weighted by Gasteiger charge is 2.24. The van der Waals surface area contributed by atoms with Crippen molar-refractivity contribution in [2.45, 2.75) is 4.90 Å². The molecule has 1 aromatic heterocycles. The molecule has 3 aromatic rings. The topological polar surface area (TPSA) is 81.9 Å². The molecule has 0 atom stereocenters. The molecule has 7 nitrogen and oxygen atoms in total. The number of nitrogens with zero attached hydrogens (tertiary/aromatic N) is 2. The van der Waals surface area contributed by atoms with Crippen LogP contribution in [0.1, 0.15) is 0 Å². The number of sulfonamides is 1. The Morgan fingerprint density at radius 2 is 1.52 bits per heavy atom. The van der Waals surface area contributed by atoms with E-state index in [1.807, 2.05) is 30.3 Å². The molecule has 0 amide bonds. The fourth-order valence-electron chi connectivity index (χ4n) is 2.80. The second-order valence-corrected chi connectivity index (χ2v) is 8.25. The van der Waals surface area contributed by atoms with Gasteiger partial charge in [0.05, 0.1) is 24.3 Å². The second-order valence-electron chi connectivity index (χ2n) is 6.31. The van der Waals surface area contributed by atoms with Crippen LogP contribution in [-0.2, 0) is 19.5 Å². The van der Waals surface area contributed by atoms with E-state index in [1.165, 1.54) is 18.5 Å². The fourth-order valence-corrected chi connectivity index (χ4v) is 4.21. The summed E-state index contributed by atoms with van der Waals surface area (Å²) >= 11 is 0. The molecular formula is C21H24N2O5S. The maximum atomic E-state index is 13.0. The van der Waals surface area contributed by atoms with Gasteiger partial charge in [-0.2, -0.15) is 4.31 Å². The van der Waals surface area contributed by atoms with Crippen LogP contribution in [0.5, 0.6) is 0 Å². The van der Waals surface area contributed by atoms with E-state index >= 15 is 0 Å². The molecule has 0 radical (unpaired) electrons. The van der Waals surface area contributed by atoms with Gasteiger partial charge in [0.2, 0.25) is 15.9 Å². The largest absolute Gasteiger partial charge is 0.436 e. The molecule has 0 saturated carbocycles. The van der Waals surface area contributed by atoms with Crippen molar-refractivity contribution in [3.8, 4) is 22.8 Å². The van der Waals surface area contributed by atoms with Crippen molar-refractivity contribution in [3.63, 3.8) is 0 Å². The summed E-state index contributed by atoms with van der Waals surface area (Å²) in [5.41, 5.74) is 1.63. The summed E-state index contributed by atoms with van der Waals surface area (Å²) in [5.74, 6) is 1.09. The Hall–Kier alpha value is -2.52. The minimum atomic E-state index is -3.66. The van der Waals surface area contributed by atoms with Crippen LogP contribution in [0.3, 0.4) is 0 Å². The molecular weight excluding hydrogens is 392 g/mol. The molecule has 0 aliphatic heterocycles. The van der Waals surface area contributed by atoms with Gasteiger partial charge in [-0.15, -0.1) is 0 Å². The normalized spacial score (nSPS) is 11.8. The molecule has 0 aliphatic rings. The zero-order valence-corrected chi connectivity index (χ0v) is 17.3. The maximum Gasteiger partial charge on any atom is 0.243 e. The number of oxazole rings is 1. The van der Waals surface area contributed by atoms with Crippen molar-refractivity contribution >= 4 is 10.0 Å². The molecule has 0 N–H and O–H groups in total. The van der Waals surface area contributed by atoms with Crippen molar-refractivity contribution < 1.29 is 22.3 Å². The lowest BCUT2D eigenvalue weighted by atomic mass is 10.2. The molecule has 2 aromatic carbocycles. The highest BCUT2D eigenvalue weighted by molar-refractivity contribution is 7.89. The first kappa shape index (κ1) is 21.2. The molecule has 0 aliphatic carbocycles. The van der Waals surface area contributed by atoms with Crippen molar-refractivity contribution in [2.75, 3.05) is 40.5 Å². The standard InChI is InChI=1S/C21H24N2O5S/c1-26-14-12-23(13-15-27-2)29(24,25)19-10-8-18(9-11-19)21-22-16-20(28-21)17-6-4-3-5-7-17/h3-11,16H,12-15H2,1-2H3. The molecule has 0 saturated heterocycles. The summed E-state index contributed by atoms with van der Waals surface area (Å²) < 4.78 is 43.2. The van der Waals surface area contributed by atoms with E-state index in [-0.39, 0.29) is 18.0 Å². The molecule has 1 heterocycles. The van der Waals surface area contributed by atoms with Crippen LogP contribution in [-0.4, -0.2) is 58.2 Å². The number of hydrogen-bond donors (Lipinski definition) is 0. The summed E-state index contributed by atoms with van der Waals surface area (Å²) in [6.45, 7) is 1.12. The van der Waals surface area contributed by atoms with Gasteiger partial charge in [-0.1, -0.05) is 30.3 Å². The van der Waals surface area contributed by atoms with E-state index in [0.29, 0.717) is 30.4 Å². The van der Waals surface area contributed by atoms with Gasteiger partial charge >= 0.3 is 0 Å². The lowest BCUT2D eigenvalue weighted by Gasteiger charge is -2.21. The number of methoxy groups -OCH3 is 2. The number of ether oxygens (including phenoxy) is 2. The fraction of sp³-hybridized carbons (Fsp3) is 0.286. The Balaban J connectivity index is 1.81. The molecule has 154 valence electrons. The van der Waals surface area contributed by atoms with E-state index in [1.54, 1.807) is 30.5 Å². The van der Waals surface area contributed by atoms with Gasteiger partial charge in [-0.3, -0.25) is 0 Å². The first-order valence-corrected chi connectivity index (χ1v) is 10.6. The number of benzene rings is 2. The van der Waals surface area contributed by atoms with Crippen LogP contribution in [0.25, 0.3) is 22.8 Å². The third kappa shape index (κ3) is 5.10. The van der Waals surface area contributed by atoms with E-state index < -0.39 is 10.0 Å². The monoisotopic (exact) mass is 416 g/mol. The molecule has 0 spiro atoms. The first-order valence-electron chi connectivity index (χ1n) is 9.16. The van der Waals surface area contributed by atoms with Crippen LogP contribution in [0.15, 0.2) is 70.1 Å². The predicted octanol–water partition coefficient (Wildman–Crippen LogP) is 3.29. The van der Waals surface area contributed by atoms with Crippen molar-refractivity contribution in [1.29, 1.82) is 0 Å². The van der Waals surface area contributed by atoms with E-state index in [0.717, 1.165) is 5.56 Å². The Morgan fingerprint density at radius 3 is 2.10 bits per heavy atom. The Morgan fingerprint density at radius 1 is 0.897 bits per heavy atom. The van der Waals surface area contributed by atoms with Crippen molar-refractivity contribution in [3.05, 3.63) is 60.8 Å². The molecule has 29 heavy (non-hydrogen) atoms. The van der Waals surface area contributed by atoms with Crippen molar-refractivity contribution in [2.24, 2.45) is 0 Å². The average molecular weight is 416 g/mol. The summed E-state index contributed by atoms with van der Waals surface area (Å²) in [6.07, 6.45) is 1.66. The number of rotatable bonds is 10. The van der Waals surface area contributed by atoms with Gasteiger partial charge in [0.25, 0.3) is 0 Å². The van der Waals surface area contributed by atoms with Gasteiger partial charge in [0.1, 0.15) is 0 Å². The van der Waals surface area contributed by atoms with E-state index in [4.69, 9.17) is 13.9 Å². The molecule has 3 rings (SSSR count). The molecule has 0 fully saturated rings. The smallest absolute Gasteiger partial charge is 0.243 e. The summed E-state index contributed by atoms with van der Waals surface area (Å²) in [7, 11) is -0.585. The van der Waals surface area contributed by atoms with Gasteiger partial charge in [-0.05, 0) is 24.3 Å². The molecule has 8 heteroatoms. The minimum Gasteiger partial charge on any atom is -0.436 e.